The molecule has 0 aliphatic heterocycles. The summed E-state index contributed by atoms with van der Waals surface area (Å²) in [6.45, 7) is 6.25. The minimum Gasteiger partial charge on any atom is -0.393 e. The van der Waals surface area contributed by atoms with Crippen molar-refractivity contribution < 1.29 is 15.0 Å². The monoisotopic (exact) mass is 332 g/mol. The number of allylic oxidation sites excluding steroid dienone is 1. The second-order valence-corrected chi connectivity index (χ2v) is 9.57. The van der Waals surface area contributed by atoms with E-state index in [1.165, 1.54) is 5.57 Å². The first kappa shape index (κ1) is 16.8. The first-order valence-corrected chi connectivity index (χ1v) is 9.83. The lowest BCUT2D eigenvalue weighted by molar-refractivity contribution is -0.181. The number of rotatable bonds is 1. The van der Waals surface area contributed by atoms with E-state index < -0.39 is 5.60 Å². The van der Waals surface area contributed by atoms with Crippen LogP contribution < -0.4 is 0 Å². The van der Waals surface area contributed by atoms with Crippen LogP contribution in [-0.4, -0.2) is 27.7 Å². The van der Waals surface area contributed by atoms with E-state index >= 15 is 0 Å². The zero-order valence-electron chi connectivity index (χ0n) is 15.3. The predicted octanol–water partition coefficient (Wildman–Crippen LogP) is 3.63. The molecule has 3 nitrogen and oxygen atoms in total. The lowest BCUT2D eigenvalue weighted by Gasteiger charge is -2.61. The summed E-state index contributed by atoms with van der Waals surface area (Å²) < 4.78 is 0. The van der Waals surface area contributed by atoms with Gasteiger partial charge in [0.15, 0.2) is 0 Å². The number of Topliss-reactive ketones (excluding diaryl/α,β-unsaturated/α-hetero) is 1. The maximum Gasteiger partial charge on any atom is 0.133 e. The maximum absolute atomic E-state index is 12.2. The smallest absolute Gasteiger partial charge is 0.133 e. The van der Waals surface area contributed by atoms with Crippen molar-refractivity contribution in [2.75, 3.05) is 0 Å². The molecule has 7 atom stereocenters. The van der Waals surface area contributed by atoms with Crippen molar-refractivity contribution >= 4 is 5.78 Å². The second kappa shape index (κ2) is 5.17. The fourth-order valence-electron chi connectivity index (χ4n) is 7.26. The molecule has 4 aliphatic carbocycles. The van der Waals surface area contributed by atoms with E-state index in [1.807, 2.05) is 0 Å². The summed E-state index contributed by atoms with van der Waals surface area (Å²) in [6, 6.07) is 0. The van der Waals surface area contributed by atoms with Gasteiger partial charge in [-0.2, -0.15) is 0 Å². The molecule has 0 aromatic rings. The van der Waals surface area contributed by atoms with Gasteiger partial charge in [0.2, 0.25) is 0 Å². The lowest BCUT2D eigenvalue weighted by Crippen LogP contribution is -2.60. The van der Waals surface area contributed by atoms with Gasteiger partial charge in [0.25, 0.3) is 0 Å². The highest BCUT2D eigenvalue weighted by Gasteiger charge is 2.66. The van der Waals surface area contributed by atoms with E-state index in [1.54, 1.807) is 6.92 Å². The van der Waals surface area contributed by atoms with E-state index in [-0.39, 0.29) is 34.6 Å². The van der Waals surface area contributed by atoms with Crippen LogP contribution >= 0.6 is 0 Å². The minimum atomic E-state index is -0.701. The number of carbonyl (C=O) groups is 1. The number of hydrogen-bond acceptors (Lipinski definition) is 3. The molecular weight excluding hydrogens is 300 g/mol. The summed E-state index contributed by atoms with van der Waals surface area (Å²) in [7, 11) is 0. The largest absolute Gasteiger partial charge is 0.393 e. The number of fused-ring (bicyclic) bond motifs is 5. The molecule has 4 rings (SSSR count). The van der Waals surface area contributed by atoms with Crippen molar-refractivity contribution in [2.45, 2.75) is 83.8 Å². The van der Waals surface area contributed by atoms with Gasteiger partial charge in [-0.3, -0.25) is 4.79 Å². The standard InChI is InChI=1S/C21H32O3/c1-13(22)16-8-11-21(24)18-5-4-14-12-15(23)6-9-19(14,2)17(18)7-10-20(16,21)3/h4,15-18,23-24H,5-12H2,1-3H3/t15-,16+,17-,18+,19-,20+,21+/m0/s1. The third-order valence-corrected chi connectivity index (χ3v) is 8.76. The number of ketones is 1. The van der Waals surface area contributed by atoms with Crippen LogP contribution in [0.2, 0.25) is 0 Å². The molecular formula is C21H32O3. The molecule has 3 fully saturated rings. The Morgan fingerprint density at radius 3 is 2.58 bits per heavy atom. The van der Waals surface area contributed by atoms with Crippen molar-refractivity contribution in [3.05, 3.63) is 11.6 Å². The molecule has 134 valence electrons. The third-order valence-electron chi connectivity index (χ3n) is 8.76. The number of aliphatic hydroxyl groups is 2. The number of aliphatic hydroxyl groups excluding tert-OH is 1. The Morgan fingerprint density at radius 1 is 1.12 bits per heavy atom. The molecule has 4 aliphatic rings. The highest BCUT2D eigenvalue weighted by atomic mass is 16.3. The van der Waals surface area contributed by atoms with Crippen LogP contribution in [0.25, 0.3) is 0 Å². The van der Waals surface area contributed by atoms with Gasteiger partial charge in [-0.1, -0.05) is 25.5 Å². The molecule has 24 heavy (non-hydrogen) atoms. The summed E-state index contributed by atoms with van der Waals surface area (Å²) >= 11 is 0. The minimum absolute atomic E-state index is 0.0230. The van der Waals surface area contributed by atoms with Crippen molar-refractivity contribution in [3.8, 4) is 0 Å². The Hall–Kier alpha value is -0.670. The average molecular weight is 332 g/mol. The van der Waals surface area contributed by atoms with Crippen LogP contribution in [0.4, 0.5) is 0 Å². The Balaban J connectivity index is 1.72. The fourth-order valence-corrected chi connectivity index (χ4v) is 7.26. The van der Waals surface area contributed by atoms with E-state index in [0.29, 0.717) is 5.92 Å². The first-order chi connectivity index (χ1) is 11.2. The van der Waals surface area contributed by atoms with Gasteiger partial charge >= 0.3 is 0 Å². The van der Waals surface area contributed by atoms with E-state index in [0.717, 1.165) is 51.4 Å². The van der Waals surface area contributed by atoms with Gasteiger partial charge in [-0.15, -0.1) is 0 Å². The molecule has 0 aromatic heterocycles. The Morgan fingerprint density at radius 2 is 1.88 bits per heavy atom. The molecule has 0 spiro atoms. The Bertz CT molecular complexity index is 596. The van der Waals surface area contributed by atoms with Gasteiger partial charge in [0.1, 0.15) is 5.78 Å². The van der Waals surface area contributed by atoms with Crippen LogP contribution in [0.1, 0.15) is 72.1 Å². The predicted molar refractivity (Wildman–Crippen MR) is 93.3 cm³/mol. The summed E-state index contributed by atoms with van der Waals surface area (Å²) in [5, 5.41) is 21.9. The van der Waals surface area contributed by atoms with Crippen molar-refractivity contribution in [1.82, 2.24) is 0 Å². The van der Waals surface area contributed by atoms with Gasteiger partial charge in [-0.05, 0) is 75.5 Å². The highest BCUT2D eigenvalue weighted by molar-refractivity contribution is 5.80. The molecule has 0 saturated heterocycles. The summed E-state index contributed by atoms with van der Waals surface area (Å²) in [6.07, 6.45) is 9.46. The van der Waals surface area contributed by atoms with E-state index in [9.17, 15) is 15.0 Å². The molecule has 2 N–H and O–H groups in total. The first-order valence-electron chi connectivity index (χ1n) is 9.83. The van der Waals surface area contributed by atoms with Crippen LogP contribution in [0.5, 0.6) is 0 Å². The van der Waals surface area contributed by atoms with Gasteiger partial charge in [-0.25, -0.2) is 0 Å². The van der Waals surface area contributed by atoms with E-state index in [4.69, 9.17) is 0 Å². The lowest BCUT2D eigenvalue weighted by atomic mass is 9.45. The molecule has 0 heterocycles. The van der Waals surface area contributed by atoms with Crippen LogP contribution in [0.15, 0.2) is 11.6 Å². The van der Waals surface area contributed by atoms with Crippen LogP contribution in [0.3, 0.4) is 0 Å². The quantitative estimate of drug-likeness (QED) is 0.721. The van der Waals surface area contributed by atoms with Gasteiger partial charge in [0.05, 0.1) is 11.7 Å². The van der Waals surface area contributed by atoms with Crippen LogP contribution in [0, 0.1) is 28.6 Å². The molecule has 0 radical (unpaired) electrons. The number of carbonyl (C=O) groups excluding carboxylic acids is 1. The second-order valence-electron chi connectivity index (χ2n) is 9.57. The fraction of sp³-hybridized carbons (Fsp3) is 0.857. The summed E-state index contributed by atoms with van der Waals surface area (Å²) in [4.78, 5) is 12.2. The van der Waals surface area contributed by atoms with Crippen molar-refractivity contribution in [2.24, 2.45) is 28.6 Å². The Kier molecular flexibility index (Phi) is 3.61. The summed E-state index contributed by atoms with van der Waals surface area (Å²) in [5.41, 5.74) is 0.604. The Labute approximate surface area is 145 Å². The van der Waals surface area contributed by atoms with Gasteiger partial charge in [0, 0.05) is 11.3 Å². The van der Waals surface area contributed by atoms with E-state index in [2.05, 4.69) is 19.9 Å². The zero-order valence-corrected chi connectivity index (χ0v) is 15.3. The third kappa shape index (κ3) is 1.94. The molecule has 0 aromatic carbocycles. The maximum atomic E-state index is 12.2. The summed E-state index contributed by atoms with van der Waals surface area (Å²) in [5.74, 6) is 1.04. The van der Waals surface area contributed by atoms with Crippen molar-refractivity contribution in [3.63, 3.8) is 0 Å². The number of hydrogen-bond donors (Lipinski definition) is 2. The van der Waals surface area contributed by atoms with Gasteiger partial charge < -0.3 is 10.2 Å². The SMILES string of the molecule is CC(=O)[C@H]1CC[C@@]2(O)[C@@H]3CC=C4C[C@@H](O)CC[C@]4(C)[C@H]3CC[C@]12C. The molecule has 0 amide bonds. The highest BCUT2D eigenvalue weighted by Crippen LogP contribution is 2.67. The normalized spacial score (nSPS) is 53.6. The molecule has 3 heteroatoms. The average Bonchev–Trinajstić information content (AvgIpc) is 2.80. The van der Waals surface area contributed by atoms with Crippen molar-refractivity contribution in [1.29, 1.82) is 0 Å². The zero-order chi connectivity index (χ0) is 17.3. The van der Waals surface area contributed by atoms with Crippen LogP contribution in [-0.2, 0) is 4.79 Å². The topological polar surface area (TPSA) is 57.5 Å². The molecule has 0 bridgehead atoms. The molecule has 0 unspecified atom stereocenters. The molecule has 3 saturated carbocycles.